The summed E-state index contributed by atoms with van der Waals surface area (Å²) >= 11 is 0. The Morgan fingerprint density at radius 2 is 1.75 bits per heavy atom. The molecule has 0 heterocycles. The van der Waals surface area contributed by atoms with Gasteiger partial charge in [-0.1, -0.05) is 19.9 Å². The number of aliphatic hydroxyl groups is 1. The maximum Gasteiger partial charge on any atom is 0.327 e. The number of alkyl halides is 2. The van der Waals surface area contributed by atoms with Crippen LogP contribution in [0.2, 0.25) is 0 Å². The van der Waals surface area contributed by atoms with Gasteiger partial charge >= 0.3 is 5.92 Å². The molecule has 0 aromatic heterocycles. The van der Waals surface area contributed by atoms with E-state index in [-0.39, 0.29) is 23.3 Å². The number of rotatable bonds is 0. The first-order valence-corrected chi connectivity index (χ1v) is 9.39. The van der Waals surface area contributed by atoms with Gasteiger partial charge in [0.2, 0.25) is 5.78 Å². The number of allylic oxidation sites excluding steroid dienone is 2. The monoisotopic (exact) mass is 338 g/mol. The van der Waals surface area contributed by atoms with E-state index in [0.29, 0.717) is 24.7 Å². The van der Waals surface area contributed by atoms with Crippen molar-refractivity contribution in [2.24, 2.45) is 28.6 Å². The summed E-state index contributed by atoms with van der Waals surface area (Å²) in [6.07, 6.45) is 6.43. The predicted octanol–water partition coefficient (Wildman–Crippen LogP) is 4.51. The van der Waals surface area contributed by atoms with Crippen molar-refractivity contribution in [3.63, 3.8) is 0 Å². The standard InChI is InChI=1S/C20H28F2O2/c1-17-9-8-16(23)20(21,22)15(17)5-4-12-13(17)6-10-18(2)14(12)7-11-19(18,3)24/h5,12-14,24H,4,6-11H2,1-3H3/t12-,13+,14+,17-,18+,19-/m1/s1. The summed E-state index contributed by atoms with van der Waals surface area (Å²) in [7, 11) is 0. The van der Waals surface area contributed by atoms with Gasteiger partial charge in [0.15, 0.2) is 0 Å². The number of carbonyl (C=O) groups excluding carboxylic acids is 1. The Morgan fingerprint density at radius 1 is 1.08 bits per heavy atom. The zero-order valence-electron chi connectivity index (χ0n) is 14.9. The first kappa shape index (κ1) is 16.7. The smallest absolute Gasteiger partial charge is 0.327 e. The maximum atomic E-state index is 14.5. The molecule has 1 N–H and O–H groups in total. The summed E-state index contributed by atoms with van der Waals surface area (Å²) in [5.74, 6) is -3.22. The maximum absolute atomic E-state index is 14.5. The molecule has 0 spiro atoms. The van der Waals surface area contributed by atoms with Gasteiger partial charge in [-0.05, 0) is 74.0 Å². The Morgan fingerprint density at radius 3 is 2.46 bits per heavy atom. The van der Waals surface area contributed by atoms with Crippen LogP contribution >= 0.6 is 0 Å². The average Bonchev–Trinajstić information content (AvgIpc) is 2.74. The largest absolute Gasteiger partial charge is 0.390 e. The van der Waals surface area contributed by atoms with Crippen molar-refractivity contribution >= 4 is 5.78 Å². The Kier molecular flexibility index (Phi) is 3.26. The number of carbonyl (C=O) groups is 1. The SMILES string of the molecule is C[C@]12CCC(=O)C(F)(F)C1=CC[C@@H]1[C@@H]2CC[C@@]2(C)[C@H]1CC[C@@]2(C)O. The third-order valence-electron chi connectivity index (χ3n) is 8.59. The summed E-state index contributed by atoms with van der Waals surface area (Å²) in [5, 5.41) is 10.9. The zero-order chi connectivity index (χ0) is 17.5. The number of hydrogen-bond acceptors (Lipinski definition) is 2. The summed E-state index contributed by atoms with van der Waals surface area (Å²) in [6, 6.07) is 0. The highest BCUT2D eigenvalue weighted by Gasteiger charge is 2.65. The second kappa shape index (κ2) is 4.69. The molecule has 0 amide bonds. The van der Waals surface area contributed by atoms with Crippen LogP contribution in [0, 0.1) is 28.6 Å². The number of hydrogen-bond donors (Lipinski definition) is 1. The number of halogens is 2. The second-order valence-electron chi connectivity index (χ2n) is 9.41. The molecule has 0 aliphatic heterocycles. The summed E-state index contributed by atoms with van der Waals surface area (Å²) in [4.78, 5) is 11.8. The van der Waals surface area contributed by atoms with Crippen molar-refractivity contribution in [3.8, 4) is 0 Å². The van der Waals surface area contributed by atoms with Crippen LogP contribution in [0.5, 0.6) is 0 Å². The van der Waals surface area contributed by atoms with E-state index in [2.05, 4.69) is 6.92 Å². The lowest BCUT2D eigenvalue weighted by Crippen LogP contribution is -2.56. The van der Waals surface area contributed by atoms with Crippen LogP contribution in [0.1, 0.15) is 65.7 Å². The normalized spacial score (nSPS) is 53.0. The van der Waals surface area contributed by atoms with Crippen molar-refractivity contribution in [1.82, 2.24) is 0 Å². The molecular weight excluding hydrogens is 310 g/mol. The lowest BCUT2D eigenvalue weighted by molar-refractivity contribution is -0.152. The van der Waals surface area contributed by atoms with Gasteiger partial charge in [0, 0.05) is 12.0 Å². The van der Waals surface area contributed by atoms with E-state index in [1.54, 1.807) is 6.08 Å². The van der Waals surface area contributed by atoms with Crippen molar-refractivity contribution < 1.29 is 18.7 Å². The molecule has 0 aromatic carbocycles. The molecule has 6 atom stereocenters. The van der Waals surface area contributed by atoms with E-state index < -0.39 is 22.7 Å². The van der Waals surface area contributed by atoms with Crippen LogP contribution in [-0.2, 0) is 4.79 Å². The molecule has 134 valence electrons. The molecule has 0 unspecified atom stereocenters. The van der Waals surface area contributed by atoms with Crippen LogP contribution in [-0.4, -0.2) is 22.4 Å². The molecule has 2 nitrogen and oxygen atoms in total. The number of fused-ring (bicyclic) bond motifs is 5. The molecule has 4 aliphatic rings. The molecule has 4 heteroatoms. The molecule has 0 saturated heterocycles. The van der Waals surface area contributed by atoms with Crippen LogP contribution in [0.3, 0.4) is 0 Å². The third-order valence-corrected chi connectivity index (χ3v) is 8.59. The topological polar surface area (TPSA) is 37.3 Å². The second-order valence-corrected chi connectivity index (χ2v) is 9.41. The van der Waals surface area contributed by atoms with E-state index in [0.717, 1.165) is 25.7 Å². The first-order chi connectivity index (χ1) is 11.0. The lowest BCUT2D eigenvalue weighted by atomic mass is 9.46. The summed E-state index contributed by atoms with van der Waals surface area (Å²) < 4.78 is 29.1. The summed E-state index contributed by atoms with van der Waals surface area (Å²) in [5.41, 5.74) is -1.22. The van der Waals surface area contributed by atoms with Crippen molar-refractivity contribution in [2.45, 2.75) is 77.2 Å². The highest BCUT2D eigenvalue weighted by atomic mass is 19.3. The van der Waals surface area contributed by atoms with Gasteiger partial charge in [-0.3, -0.25) is 4.79 Å². The minimum absolute atomic E-state index is 0.0102. The van der Waals surface area contributed by atoms with Crippen LogP contribution in [0.4, 0.5) is 8.78 Å². The first-order valence-electron chi connectivity index (χ1n) is 9.39. The fraction of sp³-hybridized carbons (Fsp3) is 0.850. The Balaban J connectivity index is 1.75. The van der Waals surface area contributed by atoms with Gasteiger partial charge in [-0.25, -0.2) is 0 Å². The van der Waals surface area contributed by atoms with Gasteiger partial charge in [-0.2, -0.15) is 8.78 Å². The van der Waals surface area contributed by atoms with Crippen molar-refractivity contribution in [1.29, 1.82) is 0 Å². The molecule has 4 rings (SSSR count). The van der Waals surface area contributed by atoms with Gasteiger partial charge in [0.25, 0.3) is 0 Å². The van der Waals surface area contributed by atoms with Crippen LogP contribution < -0.4 is 0 Å². The van der Waals surface area contributed by atoms with Crippen LogP contribution in [0.15, 0.2) is 11.6 Å². The predicted molar refractivity (Wildman–Crippen MR) is 87.7 cm³/mol. The minimum atomic E-state index is -3.28. The fourth-order valence-corrected chi connectivity index (χ4v) is 6.82. The summed E-state index contributed by atoms with van der Waals surface area (Å²) in [6.45, 7) is 6.11. The quantitative estimate of drug-likeness (QED) is 0.660. The van der Waals surface area contributed by atoms with E-state index in [1.807, 2.05) is 13.8 Å². The lowest BCUT2D eigenvalue weighted by Gasteiger charge is -2.58. The molecule has 24 heavy (non-hydrogen) atoms. The van der Waals surface area contributed by atoms with Gasteiger partial charge in [0.05, 0.1) is 5.60 Å². The average molecular weight is 338 g/mol. The number of ketones is 1. The molecule has 3 fully saturated rings. The van der Waals surface area contributed by atoms with E-state index in [4.69, 9.17) is 0 Å². The fourth-order valence-electron chi connectivity index (χ4n) is 6.82. The van der Waals surface area contributed by atoms with E-state index in [9.17, 15) is 18.7 Å². The Labute approximate surface area is 142 Å². The van der Waals surface area contributed by atoms with E-state index in [1.165, 1.54) is 0 Å². The van der Waals surface area contributed by atoms with Gasteiger partial charge in [-0.15, -0.1) is 0 Å². The highest BCUT2D eigenvalue weighted by molar-refractivity contribution is 5.90. The zero-order valence-corrected chi connectivity index (χ0v) is 14.9. The third kappa shape index (κ3) is 1.81. The van der Waals surface area contributed by atoms with Crippen molar-refractivity contribution in [3.05, 3.63) is 11.6 Å². The number of Topliss-reactive ketones (excluding diaryl/α,β-unsaturated/α-hetero) is 1. The van der Waals surface area contributed by atoms with Gasteiger partial charge < -0.3 is 5.11 Å². The van der Waals surface area contributed by atoms with Gasteiger partial charge in [0.1, 0.15) is 0 Å². The molecule has 0 bridgehead atoms. The van der Waals surface area contributed by atoms with Crippen molar-refractivity contribution in [2.75, 3.05) is 0 Å². The molecule has 3 saturated carbocycles. The minimum Gasteiger partial charge on any atom is -0.390 e. The molecule has 0 aromatic rings. The van der Waals surface area contributed by atoms with E-state index >= 15 is 0 Å². The molecule has 0 radical (unpaired) electrons. The molecule has 4 aliphatic carbocycles. The van der Waals surface area contributed by atoms with Crippen LogP contribution in [0.25, 0.3) is 0 Å². The Hall–Kier alpha value is -0.770. The molecular formula is C20H28F2O2. The Bertz CT molecular complexity index is 623. The highest BCUT2D eigenvalue weighted by Crippen LogP contribution is 2.67.